The van der Waals surface area contributed by atoms with Gasteiger partial charge in [0.25, 0.3) is 5.69 Å². The number of hydrogen-bond acceptors (Lipinski definition) is 4. The smallest absolute Gasteiger partial charge is 0.269 e. The van der Waals surface area contributed by atoms with Gasteiger partial charge in [0.05, 0.1) is 11.5 Å². The lowest BCUT2D eigenvalue weighted by Gasteiger charge is -2.18. The summed E-state index contributed by atoms with van der Waals surface area (Å²) >= 11 is 6.05. The van der Waals surface area contributed by atoms with Crippen LogP contribution in [0.25, 0.3) is 0 Å². The molecule has 0 radical (unpaired) electrons. The number of rotatable bonds is 8. The lowest BCUT2D eigenvalue weighted by molar-refractivity contribution is -0.384. The van der Waals surface area contributed by atoms with Crippen LogP contribution >= 0.6 is 11.6 Å². The summed E-state index contributed by atoms with van der Waals surface area (Å²) in [6.07, 6.45) is 0.744. The van der Waals surface area contributed by atoms with Gasteiger partial charge in [0, 0.05) is 37.2 Å². The van der Waals surface area contributed by atoms with E-state index in [-0.39, 0.29) is 30.4 Å². The van der Waals surface area contributed by atoms with Crippen LogP contribution in [0.1, 0.15) is 18.4 Å². The van der Waals surface area contributed by atoms with Crippen molar-refractivity contribution in [1.82, 2.24) is 4.90 Å². The van der Waals surface area contributed by atoms with Crippen molar-refractivity contribution >= 4 is 23.2 Å². The predicted molar refractivity (Wildman–Crippen MR) is 95.7 cm³/mol. The molecule has 1 amide bonds. The second-order valence-corrected chi connectivity index (χ2v) is 6.10. The lowest BCUT2D eigenvalue weighted by atomic mass is 10.2. The number of nitrogens with zero attached hydrogens (tertiary/aromatic N) is 2. The van der Waals surface area contributed by atoms with Crippen molar-refractivity contribution < 1.29 is 18.8 Å². The Kier molecular flexibility index (Phi) is 6.91. The Bertz CT molecular complexity index is 783. The quantitative estimate of drug-likeness (QED) is 0.391. The normalized spacial score (nSPS) is 10.4. The summed E-state index contributed by atoms with van der Waals surface area (Å²) in [7, 11) is 1.61. The number of nitro groups is 1. The highest BCUT2D eigenvalue weighted by atomic mass is 35.5. The molecule has 0 aliphatic rings. The van der Waals surface area contributed by atoms with Gasteiger partial charge in [-0.3, -0.25) is 14.9 Å². The molecule has 0 unspecified atom stereocenters. The van der Waals surface area contributed by atoms with Crippen LogP contribution in [-0.4, -0.2) is 29.4 Å². The molecule has 0 spiro atoms. The molecule has 2 aromatic carbocycles. The number of nitro benzene ring substituents is 1. The number of ether oxygens (including phenoxy) is 1. The molecule has 0 N–H and O–H groups in total. The fourth-order valence-corrected chi connectivity index (χ4v) is 2.45. The molecular formula is C18H18ClFN2O4. The minimum absolute atomic E-state index is 0.0713. The lowest BCUT2D eigenvalue weighted by Crippen LogP contribution is -2.26. The number of halogens is 2. The van der Waals surface area contributed by atoms with Gasteiger partial charge in [0.1, 0.15) is 11.6 Å². The van der Waals surface area contributed by atoms with E-state index in [1.54, 1.807) is 7.05 Å². The van der Waals surface area contributed by atoms with Crippen LogP contribution in [0.15, 0.2) is 42.5 Å². The molecule has 6 nitrogen and oxygen atoms in total. The van der Waals surface area contributed by atoms with Crippen molar-refractivity contribution in [2.24, 2.45) is 0 Å². The second-order valence-electron chi connectivity index (χ2n) is 5.69. The Morgan fingerprint density at radius 3 is 2.62 bits per heavy atom. The van der Waals surface area contributed by atoms with Crippen molar-refractivity contribution in [3.05, 3.63) is 69.0 Å². The van der Waals surface area contributed by atoms with Crippen LogP contribution in [0, 0.1) is 15.9 Å². The molecule has 0 saturated heterocycles. The summed E-state index contributed by atoms with van der Waals surface area (Å²) in [6.45, 7) is 0.501. The maximum Gasteiger partial charge on any atom is 0.269 e. The van der Waals surface area contributed by atoms with Crippen LogP contribution in [0.2, 0.25) is 5.02 Å². The van der Waals surface area contributed by atoms with Crippen molar-refractivity contribution in [3.8, 4) is 5.75 Å². The SMILES string of the molecule is CN(Cc1cc([N+](=O)[O-])ccc1Cl)C(=O)CCCOc1ccc(F)cc1. The molecule has 138 valence electrons. The highest BCUT2D eigenvalue weighted by Crippen LogP contribution is 2.23. The zero-order valence-corrected chi connectivity index (χ0v) is 14.9. The zero-order valence-electron chi connectivity index (χ0n) is 14.2. The van der Waals surface area contributed by atoms with Gasteiger partial charge >= 0.3 is 0 Å². The Balaban J connectivity index is 1.81. The van der Waals surface area contributed by atoms with Gasteiger partial charge in [0.15, 0.2) is 0 Å². The van der Waals surface area contributed by atoms with Crippen molar-refractivity contribution in [3.63, 3.8) is 0 Å². The highest BCUT2D eigenvalue weighted by molar-refractivity contribution is 6.31. The summed E-state index contributed by atoms with van der Waals surface area (Å²) in [4.78, 5) is 24.0. The fraction of sp³-hybridized carbons (Fsp3) is 0.278. The Labute approximate surface area is 155 Å². The minimum atomic E-state index is -0.506. The standard InChI is InChI=1S/C18H18ClFN2O4/c1-21(12-13-11-15(22(24)25)6-9-17(13)19)18(23)3-2-10-26-16-7-4-14(20)5-8-16/h4-9,11H,2-3,10,12H2,1H3. The molecule has 0 aliphatic carbocycles. The molecule has 0 saturated carbocycles. The van der Waals surface area contributed by atoms with Gasteiger partial charge in [-0.05, 0) is 42.3 Å². The summed E-state index contributed by atoms with van der Waals surface area (Å²) < 4.78 is 18.2. The van der Waals surface area contributed by atoms with Crippen LogP contribution in [-0.2, 0) is 11.3 Å². The summed E-state index contributed by atoms with van der Waals surface area (Å²) in [5, 5.41) is 11.2. The van der Waals surface area contributed by atoms with Crippen LogP contribution in [0.3, 0.4) is 0 Å². The van der Waals surface area contributed by atoms with E-state index in [4.69, 9.17) is 16.3 Å². The van der Waals surface area contributed by atoms with E-state index in [2.05, 4.69) is 0 Å². The average Bonchev–Trinajstić information content (AvgIpc) is 2.61. The maximum absolute atomic E-state index is 12.8. The predicted octanol–water partition coefficient (Wildman–Crippen LogP) is 4.20. The van der Waals surface area contributed by atoms with Crippen LogP contribution in [0.4, 0.5) is 10.1 Å². The molecule has 26 heavy (non-hydrogen) atoms. The van der Waals surface area contributed by atoms with Crippen molar-refractivity contribution in [1.29, 1.82) is 0 Å². The number of hydrogen-bond donors (Lipinski definition) is 0. The highest BCUT2D eigenvalue weighted by Gasteiger charge is 2.14. The largest absolute Gasteiger partial charge is 0.494 e. The fourth-order valence-electron chi connectivity index (χ4n) is 2.27. The number of non-ortho nitro benzene ring substituents is 1. The first kappa shape index (κ1) is 19.7. The Hall–Kier alpha value is -2.67. The van der Waals surface area contributed by atoms with E-state index >= 15 is 0 Å². The number of benzene rings is 2. The van der Waals surface area contributed by atoms with Gasteiger partial charge in [-0.2, -0.15) is 0 Å². The van der Waals surface area contributed by atoms with Gasteiger partial charge in [-0.15, -0.1) is 0 Å². The zero-order chi connectivity index (χ0) is 19.1. The molecule has 0 heterocycles. The third-order valence-electron chi connectivity index (χ3n) is 3.69. The minimum Gasteiger partial charge on any atom is -0.494 e. The van der Waals surface area contributed by atoms with Gasteiger partial charge in [-0.25, -0.2) is 4.39 Å². The van der Waals surface area contributed by atoms with E-state index in [9.17, 15) is 19.3 Å². The first-order valence-corrected chi connectivity index (χ1v) is 8.30. The summed E-state index contributed by atoms with van der Waals surface area (Å²) in [5.74, 6) is 0.0693. The van der Waals surface area contributed by atoms with E-state index < -0.39 is 4.92 Å². The Morgan fingerprint density at radius 1 is 1.27 bits per heavy atom. The van der Waals surface area contributed by atoms with Crippen molar-refractivity contribution in [2.45, 2.75) is 19.4 Å². The third kappa shape index (κ3) is 5.70. The molecule has 2 aromatic rings. The first-order valence-electron chi connectivity index (χ1n) is 7.92. The molecule has 0 aromatic heterocycles. The molecule has 0 aliphatic heterocycles. The molecule has 8 heteroatoms. The van der Waals surface area contributed by atoms with Gasteiger partial charge in [0.2, 0.25) is 5.91 Å². The van der Waals surface area contributed by atoms with E-state index in [0.717, 1.165) is 0 Å². The molecule has 2 rings (SSSR count). The van der Waals surface area contributed by atoms with Gasteiger partial charge in [-0.1, -0.05) is 11.6 Å². The number of carbonyl (C=O) groups excluding carboxylic acids is 1. The monoisotopic (exact) mass is 380 g/mol. The molecule has 0 atom stereocenters. The number of amides is 1. The molecular weight excluding hydrogens is 363 g/mol. The van der Waals surface area contributed by atoms with E-state index in [1.165, 1.54) is 47.4 Å². The number of carbonyl (C=O) groups is 1. The summed E-state index contributed by atoms with van der Waals surface area (Å²) in [5.41, 5.74) is 0.442. The van der Waals surface area contributed by atoms with Gasteiger partial charge < -0.3 is 9.64 Å². The van der Waals surface area contributed by atoms with E-state index in [0.29, 0.717) is 29.4 Å². The third-order valence-corrected chi connectivity index (χ3v) is 4.06. The molecule has 0 bridgehead atoms. The van der Waals surface area contributed by atoms with Crippen molar-refractivity contribution in [2.75, 3.05) is 13.7 Å². The Morgan fingerprint density at radius 2 is 1.96 bits per heavy atom. The second kappa shape index (κ2) is 9.15. The summed E-state index contributed by atoms with van der Waals surface area (Å²) in [6, 6.07) is 9.78. The van der Waals surface area contributed by atoms with E-state index in [1.807, 2.05) is 0 Å². The van der Waals surface area contributed by atoms with Crippen LogP contribution in [0.5, 0.6) is 5.75 Å². The first-order chi connectivity index (χ1) is 12.4. The molecule has 0 fully saturated rings. The average molecular weight is 381 g/mol. The maximum atomic E-state index is 12.8. The topological polar surface area (TPSA) is 72.7 Å². The van der Waals surface area contributed by atoms with Crippen LogP contribution < -0.4 is 4.74 Å².